The molecule has 1 aliphatic rings. The second-order valence-electron chi connectivity index (χ2n) is 6.85. The predicted molar refractivity (Wildman–Crippen MR) is 110 cm³/mol. The zero-order valence-corrected chi connectivity index (χ0v) is 17.4. The van der Waals surface area contributed by atoms with Crippen molar-refractivity contribution in [2.24, 2.45) is 0 Å². The molecular weight excluding hydrogens is 384 g/mol. The van der Waals surface area contributed by atoms with Crippen molar-refractivity contribution in [3.8, 4) is 5.19 Å². The molecule has 0 amide bonds. The molecule has 2 aromatic heterocycles. The molecule has 0 aliphatic carbocycles. The van der Waals surface area contributed by atoms with Crippen LogP contribution in [0.15, 0.2) is 24.3 Å². The van der Waals surface area contributed by atoms with Crippen LogP contribution >= 0.6 is 34.9 Å². The number of fused-ring (bicyclic) bond motifs is 1. The predicted octanol–water partition coefficient (Wildman–Crippen LogP) is 4.91. The summed E-state index contributed by atoms with van der Waals surface area (Å²) >= 11 is 8.72. The fourth-order valence-electron chi connectivity index (χ4n) is 3.20. The molecule has 0 unspecified atom stereocenters. The largest absolute Gasteiger partial charge is 0.466 e. The van der Waals surface area contributed by atoms with Crippen molar-refractivity contribution in [1.29, 1.82) is 0 Å². The van der Waals surface area contributed by atoms with Crippen molar-refractivity contribution < 1.29 is 4.74 Å². The number of nitrogens with zero attached hydrogens (tertiary/aromatic N) is 4. The van der Waals surface area contributed by atoms with Crippen LogP contribution in [0.2, 0.25) is 0 Å². The van der Waals surface area contributed by atoms with Gasteiger partial charge in [-0.05, 0) is 62.4 Å². The standard InChI is InChI=1S/C18H22N4OS3/c1-12(2)23-17-20-22(18(24)26-17)11-21-9-7-13(8-10-21)16-19-14-5-3-4-6-15(14)25-16/h3-6,12-13H,7-11H2,1-2H3. The Morgan fingerprint density at radius 2 is 2.00 bits per heavy atom. The lowest BCUT2D eigenvalue weighted by molar-refractivity contribution is 0.157. The summed E-state index contributed by atoms with van der Waals surface area (Å²) in [5.74, 6) is 0.562. The summed E-state index contributed by atoms with van der Waals surface area (Å²) in [4.78, 5) is 7.26. The van der Waals surface area contributed by atoms with Crippen molar-refractivity contribution in [2.75, 3.05) is 13.1 Å². The van der Waals surface area contributed by atoms with E-state index in [2.05, 4.69) is 34.3 Å². The average Bonchev–Trinajstić information content (AvgIpc) is 3.18. The van der Waals surface area contributed by atoms with Gasteiger partial charge in [0.1, 0.15) is 0 Å². The highest BCUT2D eigenvalue weighted by molar-refractivity contribution is 7.73. The summed E-state index contributed by atoms with van der Waals surface area (Å²) in [5, 5.41) is 6.45. The number of hydrogen-bond donors (Lipinski definition) is 0. The lowest BCUT2D eigenvalue weighted by Gasteiger charge is -2.30. The van der Waals surface area contributed by atoms with E-state index in [-0.39, 0.29) is 6.10 Å². The molecule has 1 saturated heterocycles. The van der Waals surface area contributed by atoms with Crippen molar-refractivity contribution in [2.45, 2.75) is 45.4 Å². The number of rotatable bonds is 5. The van der Waals surface area contributed by atoms with Crippen LogP contribution < -0.4 is 4.74 Å². The Hall–Kier alpha value is -1.35. The number of para-hydroxylation sites is 1. The van der Waals surface area contributed by atoms with Crippen LogP contribution in [0.1, 0.15) is 37.6 Å². The first-order valence-electron chi connectivity index (χ1n) is 8.91. The van der Waals surface area contributed by atoms with E-state index in [9.17, 15) is 0 Å². The number of benzene rings is 1. The highest BCUT2D eigenvalue weighted by atomic mass is 32.1. The SMILES string of the molecule is CC(C)Oc1nn(CN2CCC(c3nc4ccccc4s3)CC2)c(=S)s1. The van der Waals surface area contributed by atoms with Crippen LogP contribution in [0, 0.1) is 3.95 Å². The van der Waals surface area contributed by atoms with Crippen LogP contribution in [0.3, 0.4) is 0 Å². The summed E-state index contributed by atoms with van der Waals surface area (Å²) in [6.45, 7) is 6.83. The Morgan fingerprint density at radius 1 is 1.23 bits per heavy atom. The van der Waals surface area contributed by atoms with Crippen LogP contribution in [0.4, 0.5) is 0 Å². The molecule has 0 atom stereocenters. The topological polar surface area (TPSA) is 43.2 Å². The first kappa shape index (κ1) is 18.0. The second-order valence-corrected chi connectivity index (χ2v) is 9.50. The van der Waals surface area contributed by atoms with Crippen LogP contribution in [0.25, 0.3) is 10.2 Å². The van der Waals surface area contributed by atoms with Gasteiger partial charge in [-0.15, -0.1) is 16.4 Å². The maximum atomic E-state index is 5.66. The smallest absolute Gasteiger partial charge is 0.293 e. The molecular formula is C18H22N4OS3. The number of likely N-dealkylation sites (tertiary alicyclic amines) is 1. The van der Waals surface area contributed by atoms with Gasteiger partial charge in [-0.3, -0.25) is 4.90 Å². The van der Waals surface area contributed by atoms with Gasteiger partial charge in [0.15, 0.2) is 3.95 Å². The number of ether oxygens (including phenoxy) is 1. The van der Waals surface area contributed by atoms with Gasteiger partial charge in [0.2, 0.25) is 0 Å². The molecule has 0 radical (unpaired) electrons. The molecule has 3 aromatic rings. The Balaban J connectivity index is 1.38. The minimum atomic E-state index is 0.119. The quantitative estimate of drug-likeness (QED) is 0.563. The highest BCUT2D eigenvalue weighted by Crippen LogP contribution is 2.34. The van der Waals surface area contributed by atoms with E-state index in [0.717, 1.165) is 42.1 Å². The molecule has 3 heterocycles. The van der Waals surface area contributed by atoms with Crippen molar-refractivity contribution in [1.82, 2.24) is 19.7 Å². The van der Waals surface area contributed by atoms with Gasteiger partial charge in [-0.2, -0.15) is 0 Å². The third kappa shape index (κ3) is 3.98. The fraction of sp³-hybridized carbons (Fsp3) is 0.500. The molecule has 26 heavy (non-hydrogen) atoms. The summed E-state index contributed by atoms with van der Waals surface area (Å²) in [7, 11) is 0. The normalized spacial score (nSPS) is 16.6. The number of aromatic nitrogens is 3. The van der Waals surface area contributed by atoms with Gasteiger partial charge < -0.3 is 4.74 Å². The van der Waals surface area contributed by atoms with E-state index in [0.29, 0.717) is 11.1 Å². The molecule has 0 bridgehead atoms. The zero-order valence-electron chi connectivity index (χ0n) is 14.9. The Labute approximate surface area is 166 Å². The van der Waals surface area contributed by atoms with Crippen molar-refractivity contribution in [3.63, 3.8) is 0 Å². The molecule has 4 rings (SSSR count). The van der Waals surface area contributed by atoms with E-state index >= 15 is 0 Å². The van der Waals surface area contributed by atoms with E-state index in [4.69, 9.17) is 21.9 Å². The number of piperidine rings is 1. The zero-order chi connectivity index (χ0) is 18.1. The van der Waals surface area contributed by atoms with Gasteiger partial charge in [-0.25, -0.2) is 9.67 Å². The van der Waals surface area contributed by atoms with E-state index in [1.54, 1.807) is 0 Å². The first-order chi connectivity index (χ1) is 12.6. The van der Waals surface area contributed by atoms with Gasteiger partial charge in [0.25, 0.3) is 5.19 Å². The monoisotopic (exact) mass is 406 g/mol. The van der Waals surface area contributed by atoms with Crippen molar-refractivity contribution >= 4 is 45.1 Å². The molecule has 0 spiro atoms. The van der Waals surface area contributed by atoms with E-state index in [1.165, 1.54) is 21.0 Å². The minimum Gasteiger partial charge on any atom is -0.466 e. The lowest BCUT2D eigenvalue weighted by atomic mass is 9.98. The van der Waals surface area contributed by atoms with E-state index in [1.807, 2.05) is 29.9 Å². The van der Waals surface area contributed by atoms with Crippen molar-refractivity contribution in [3.05, 3.63) is 33.2 Å². The van der Waals surface area contributed by atoms with Crippen LogP contribution in [-0.4, -0.2) is 38.9 Å². The molecule has 1 fully saturated rings. The first-order valence-corrected chi connectivity index (χ1v) is 10.9. The highest BCUT2D eigenvalue weighted by Gasteiger charge is 2.24. The van der Waals surface area contributed by atoms with Crippen LogP contribution in [0.5, 0.6) is 5.19 Å². The third-order valence-corrected chi connectivity index (χ3v) is 6.90. The Bertz CT molecular complexity index is 904. The van der Waals surface area contributed by atoms with Gasteiger partial charge in [0.05, 0.1) is 28.0 Å². The molecule has 1 aromatic carbocycles. The molecule has 0 saturated carbocycles. The van der Waals surface area contributed by atoms with Gasteiger partial charge in [0, 0.05) is 19.0 Å². The second kappa shape index (κ2) is 7.72. The molecule has 8 heteroatoms. The Morgan fingerprint density at radius 3 is 2.73 bits per heavy atom. The maximum Gasteiger partial charge on any atom is 0.293 e. The minimum absolute atomic E-state index is 0.119. The Kier molecular flexibility index (Phi) is 5.35. The number of hydrogen-bond acceptors (Lipinski definition) is 7. The maximum absolute atomic E-state index is 5.66. The summed E-state index contributed by atoms with van der Waals surface area (Å²) in [5.41, 5.74) is 1.13. The summed E-state index contributed by atoms with van der Waals surface area (Å²) in [6, 6.07) is 8.41. The fourth-order valence-corrected chi connectivity index (χ4v) is 5.38. The average molecular weight is 407 g/mol. The lowest BCUT2D eigenvalue weighted by Crippen LogP contribution is -2.34. The van der Waals surface area contributed by atoms with Gasteiger partial charge >= 0.3 is 0 Å². The molecule has 1 aliphatic heterocycles. The number of thiazole rings is 1. The van der Waals surface area contributed by atoms with Crippen LogP contribution in [-0.2, 0) is 6.67 Å². The summed E-state index contributed by atoms with van der Waals surface area (Å²) < 4.78 is 9.61. The molecule has 138 valence electrons. The molecule has 5 nitrogen and oxygen atoms in total. The third-order valence-electron chi connectivity index (χ3n) is 4.51. The van der Waals surface area contributed by atoms with Gasteiger partial charge in [-0.1, -0.05) is 12.1 Å². The molecule has 0 N–H and O–H groups in total. The summed E-state index contributed by atoms with van der Waals surface area (Å²) in [6.07, 6.45) is 2.38. The van der Waals surface area contributed by atoms with E-state index < -0.39 is 0 Å².